The normalized spacial score (nSPS) is 11.7. The van der Waals surface area contributed by atoms with Crippen LogP contribution in [0, 0.1) is 0 Å². The third kappa shape index (κ3) is 3.13. The fraction of sp³-hybridized carbons (Fsp3) is 0.333. The molecule has 0 radical (unpaired) electrons. The molecule has 0 spiro atoms. The van der Waals surface area contributed by atoms with E-state index in [-0.39, 0.29) is 11.8 Å². The number of ether oxygens (including phenoxy) is 1. The summed E-state index contributed by atoms with van der Waals surface area (Å²) in [5, 5.41) is 0. The van der Waals surface area contributed by atoms with E-state index >= 15 is 0 Å². The van der Waals surface area contributed by atoms with Gasteiger partial charge in [-0.3, -0.25) is 9.78 Å². The van der Waals surface area contributed by atoms with Gasteiger partial charge >= 0.3 is 6.36 Å². The lowest BCUT2D eigenvalue weighted by Gasteiger charge is -2.16. The quantitative estimate of drug-likeness (QED) is 0.672. The predicted molar refractivity (Wildman–Crippen MR) is 49.2 cm³/mol. The van der Waals surface area contributed by atoms with Gasteiger partial charge in [-0.15, -0.1) is 13.2 Å². The van der Waals surface area contributed by atoms with E-state index in [0.29, 0.717) is 0 Å². The van der Waals surface area contributed by atoms with Gasteiger partial charge in [0.15, 0.2) is 6.29 Å². The molecule has 1 rings (SSSR count). The molecule has 0 saturated heterocycles. The fourth-order valence-corrected chi connectivity index (χ4v) is 1.25. The summed E-state index contributed by atoms with van der Waals surface area (Å²) >= 11 is 0. The van der Waals surface area contributed by atoms with Crippen LogP contribution < -0.4 is 10.5 Å². The Balaban J connectivity index is 3.45. The molecule has 100 valence electrons. The molecule has 0 amide bonds. The SMILES string of the molecule is NCc1cnc(C=O)c(C(F)F)c1OC(F)(F)F. The smallest absolute Gasteiger partial charge is 0.405 e. The van der Waals surface area contributed by atoms with Gasteiger partial charge in [0, 0.05) is 18.3 Å². The molecule has 0 aliphatic heterocycles. The number of rotatable bonds is 4. The van der Waals surface area contributed by atoms with Crippen LogP contribution in [-0.4, -0.2) is 17.6 Å². The van der Waals surface area contributed by atoms with Gasteiger partial charge in [-0.2, -0.15) is 0 Å². The number of aromatic nitrogens is 1. The van der Waals surface area contributed by atoms with Gasteiger partial charge in [0.05, 0.1) is 5.56 Å². The molecule has 0 saturated carbocycles. The Bertz CT molecular complexity index is 447. The van der Waals surface area contributed by atoms with Crippen molar-refractivity contribution in [3.05, 3.63) is 23.0 Å². The average molecular weight is 270 g/mol. The van der Waals surface area contributed by atoms with Crippen molar-refractivity contribution < 1.29 is 31.5 Å². The zero-order valence-electron chi connectivity index (χ0n) is 8.67. The maximum atomic E-state index is 12.7. The highest BCUT2D eigenvalue weighted by atomic mass is 19.4. The number of alkyl halides is 5. The van der Waals surface area contributed by atoms with E-state index in [9.17, 15) is 26.7 Å². The van der Waals surface area contributed by atoms with Crippen LogP contribution in [0.15, 0.2) is 6.20 Å². The molecule has 0 aliphatic carbocycles. The lowest BCUT2D eigenvalue weighted by Crippen LogP contribution is -2.21. The van der Waals surface area contributed by atoms with Crippen LogP contribution >= 0.6 is 0 Å². The first kappa shape index (κ1) is 14.3. The molecule has 0 fully saturated rings. The largest absolute Gasteiger partial charge is 0.573 e. The van der Waals surface area contributed by atoms with Gasteiger partial charge in [-0.25, -0.2) is 8.78 Å². The van der Waals surface area contributed by atoms with Crippen LogP contribution in [0.5, 0.6) is 5.75 Å². The second-order valence-corrected chi connectivity index (χ2v) is 3.08. The zero-order valence-corrected chi connectivity index (χ0v) is 8.67. The van der Waals surface area contributed by atoms with E-state index in [1.54, 1.807) is 0 Å². The third-order valence-corrected chi connectivity index (χ3v) is 1.94. The molecule has 0 bridgehead atoms. The highest BCUT2D eigenvalue weighted by Gasteiger charge is 2.35. The molecule has 0 unspecified atom stereocenters. The van der Waals surface area contributed by atoms with E-state index in [1.807, 2.05) is 0 Å². The number of aldehydes is 1. The van der Waals surface area contributed by atoms with Crippen molar-refractivity contribution in [2.45, 2.75) is 19.3 Å². The summed E-state index contributed by atoms with van der Waals surface area (Å²) in [5.74, 6) is -1.17. The fourth-order valence-electron chi connectivity index (χ4n) is 1.25. The molecule has 0 atom stereocenters. The van der Waals surface area contributed by atoms with Crippen molar-refractivity contribution in [2.75, 3.05) is 0 Å². The van der Waals surface area contributed by atoms with Crippen molar-refractivity contribution in [1.82, 2.24) is 4.98 Å². The molecule has 0 aromatic carbocycles. The number of hydrogen-bond donors (Lipinski definition) is 1. The minimum atomic E-state index is -5.17. The van der Waals surface area contributed by atoms with Crippen LogP contribution in [-0.2, 0) is 6.54 Å². The van der Waals surface area contributed by atoms with E-state index in [1.165, 1.54) is 0 Å². The molecule has 18 heavy (non-hydrogen) atoms. The highest BCUT2D eigenvalue weighted by Crippen LogP contribution is 2.36. The minimum absolute atomic E-state index is 0.0783. The van der Waals surface area contributed by atoms with E-state index < -0.39 is 36.3 Å². The number of nitrogens with zero attached hydrogens (tertiary/aromatic N) is 1. The Morgan fingerprint density at radius 2 is 2.06 bits per heavy atom. The molecule has 1 aromatic rings. The molecular formula is C9H7F5N2O2. The summed E-state index contributed by atoms with van der Waals surface area (Å²) in [4.78, 5) is 13.8. The first-order chi connectivity index (χ1) is 8.30. The Hall–Kier alpha value is -1.77. The topological polar surface area (TPSA) is 65.2 Å². The number of pyridine rings is 1. The maximum absolute atomic E-state index is 12.7. The zero-order chi connectivity index (χ0) is 13.9. The van der Waals surface area contributed by atoms with Gasteiger partial charge in [0.25, 0.3) is 6.43 Å². The van der Waals surface area contributed by atoms with Gasteiger partial charge in [-0.05, 0) is 0 Å². The monoisotopic (exact) mass is 270 g/mol. The molecule has 2 N–H and O–H groups in total. The second-order valence-electron chi connectivity index (χ2n) is 3.08. The number of carbonyl (C=O) groups is 1. The van der Waals surface area contributed by atoms with Crippen LogP contribution in [0.2, 0.25) is 0 Å². The summed E-state index contributed by atoms with van der Waals surface area (Å²) < 4.78 is 65.2. The summed E-state index contributed by atoms with van der Waals surface area (Å²) in [5.41, 5.74) is 2.71. The standard InChI is InChI=1S/C9H7F5N2O2/c10-8(11)6-5(3-17)16-2-4(1-15)7(6)18-9(12,13)14/h2-3,8H,1,15H2. The maximum Gasteiger partial charge on any atom is 0.573 e. The summed E-state index contributed by atoms with van der Waals surface area (Å²) in [7, 11) is 0. The molecule has 9 heteroatoms. The van der Waals surface area contributed by atoms with Crippen LogP contribution in [0.3, 0.4) is 0 Å². The average Bonchev–Trinajstić information content (AvgIpc) is 2.25. The van der Waals surface area contributed by atoms with E-state index in [2.05, 4.69) is 9.72 Å². The van der Waals surface area contributed by atoms with Gasteiger partial charge in [-0.1, -0.05) is 0 Å². The summed E-state index contributed by atoms with van der Waals surface area (Å²) in [6.45, 7) is -0.489. The Morgan fingerprint density at radius 3 is 2.44 bits per heavy atom. The molecule has 0 aliphatic rings. The first-order valence-electron chi connectivity index (χ1n) is 4.51. The van der Waals surface area contributed by atoms with Gasteiger partial charge in [0.1, 0.15) is 11.4 Å². The Morgan fingerprint density at radius 1 is 1.44 bits per heavy atom. The van der Waals surface area contributed by atoms with Crippen molar-refractivity contribution in [3.8, 4) is 5.75 Å². The number of carbonyl (C=O) groups excluding carboxylic acids is 1. The minimum Gasteiger partial charge on any atom is -0.405 e. The molecule has 1 aromatic heterocycles. The summed E-state index contributed by atoms with van der Waals surface area (Å²) in [6, 6.07) is 0. The van der Waals surface area contributed by atoms with Gasteiger partial charge in [0.2, 0.25) is 0 Å². The van der Waals surface area contributed by atoms with E-state index in [4.69, 9.17) is 5.73 Å². The van der Waals surface area contributed by atoms with Gasteiger partial charge < -0.3 is 10.5 Å². The summed E-state index contributed by atoms with van der Waals surface area (Å²) in [6.07, 6.45) is -7.81. The molecule has 4 nitrogen and oxygen atoms in total. The van der Waals surface area contributed by atoms with Crippen LogP contribution in [0.25, 0.3) is 0 Å². The van der Waals surface area contributed by atoms with Crippen molar-refractivity contribution in [1.29, 1.82) is 0 Å². The molecular weight excluding hydrogens is 263 g/mol. The Labute approximate surface area is 97.6 Å². The lowest BCUT2D eigenvalue weighted by molar-refractivity contribution is -0.275. The van der Waals surface area contributed by atoms with Crippen molar-refractivity contribution in [3.63, 3.8) is 0 Å². The Kier molecular flexibility index (Phi) is 4.17. The predicted octanol–water partition coefficient (Wildman–Crippen LogP) is 2.19. The third-order valence-electron chi connectivity index (χ3n) is 1.94. The second kappa shape index (κ2) is 5.25. The van der Waals surface area contributed by atoms with Crippen molar-refractivity contribution >= 4 is 6.29 Å². The first-order valence-corrected chi connectivity index (χ1v) is 4.51. The molecule has 1 heterocycles. The van der Waals surface area contributed by atoms with Crippen LogP contribution in [0.1, 0.15) is 28.0 Å². The number of nitrogens with two attached hydrogens (primary N) is 1. The van der Waals surface area contributed by atoms with Crippen molar-refractivity contribution in [2.24, 2.45) is 5.73 Å². The van der Waals surface area contributed by atoms with Crippen LogP contribution in [0.4, 0.5) is 22.0 Å². The van der Waals surface area contributed by atoms with E-state index in [0.717, 1.165) is 6.20 Å². The highest BCUT2D eigenvalue weighted by molar-refractivity contribution is 5.76. The lowest BCUT2D eigenvalue weighted by atomic mass is 10.1. The number of hydrogen-bond acceptors (Lipinski definition) is 4. The number of halogens is 5.